The molecule has 0 spiro atoms. The molecule has 0 saturated carbocycles. The Bertz CT molecular complexity index is 1160. The number of aromatic nitrogens is 4. The van der Waals surface area contributed by atoms with Crippen molar-refractivity contribution in [2.24, 2.45) is 7.05 Å². The van der Waals surface area contributed by atoms with Gasteiger partial charge in [0.15, 0.2) is 0 Å². The second kappa shape index (κ2) is 8.60. The monoisotopic (exact) mass is 444 g/mol. The highest BCUT2D eigenvalue weighted by atomic mass is 32.2. The first-order chi connectivity index (χ1) is 14.8. The number of aryl methyl sites for hydroxylation is 2. The zero-order valence-corrected chi connectivity index (χ0v) is 18.2. The second-order valence-corrected chi connectivity index (χ2v) is 9.44. The van der Waals surface area contributed by atoms with E-state index in [4.69, 9.17) is 4.42 Å². The molecule has 1 fully saturated rings. The highest BCUT2D eigenvalue weighted by Gasteiger charge is 2.25. The smallest absolute Gasteiger partial charge is 0.322 e. The van der Waals surface area contributed by atoms with Gasteiger partial charge in [-0.3, -0.25) is 14.8 Å². The summed E-state index contributed by atoms with van der Waals surface area (Å²) in [5.41, 5.74) is 1.72. The van der Waals surface area contributed by atoms with Crippen LogP contribution in [0.2, 0.25) is 0 Å². The summed E-state index contributed by atoms with van der Waals surface area (Å²) in [5.74, 6) is -0.288. The van der Waals surface area contributed by atoms with E-state index in [1.165, 1.54) is 28.6 Å². The van der Waals surface area contributed by atoms with E-state index in [-0.39, 0.29) is 22.4 Å². The number of hydrogen-bond acceptors (Lipinski definition) is 7. The summed E-state index contributed by atoms with van der Waals surface area (Å²) in [6.45, 7) is 2.95. The largest absolute Gasteiger partial charge is 0.401 e. The average Bonchev–Trinajstić information content (AvgIpc) is 3.23. The van der Waals surface area contributed by atoms with Gasteiger partial charge in [0.25, 0.3) is 11.8 Å². The maximum atomic E-state index is 12.9. The van der Waals surface area contributed by atoms with E-state index in [2.05, 4.69) is 20.6 Å². The topological polar surface area (TPSA) is 123 Å². The van der Waals surface area contributed by atoms with Gasteiger partial charge in [-0.25, -0.2) is 8.42 Å². The first-order valence-corrected chi connectivity index (χ1v) is 11.5. The molecule has 1 aliphatic rings. The predicted molar refractivity (Wildman–Crippen MR) is 113 cm³/mol. The molecule has 11 heteroatoms. The highest BCUT2D eigenvalue weighted by Crippen LogP contribution is 2.22. The molecular formula is C20H24N6O4S. The molecule has 0 atom stereocenters. The van der Waals surface area contributed by atoms with E-state index >= 15 is 0 Å². The maximum absolute atomic E-state index is 12.9. The van der Waals surface area contributed by atoms with Gasteiger partial charge in [-0.15, -0.1) is 5.10 Å². The van der Waals surface area contributed by atoms with Gasteiger partial charge >= 0.3 is 6.01 Å². The van der Waals surface area contributed by atoms with E-state index in [0.29, 0.717) is 18.8 Å². The lowest BCUT2D eigenvalue weighted by atomic mass is 10.2. The molecule has 1 saturated heterocycles. The number of carbonyl (C=O) groups is 1. The summed E-state index contributed by atoms with van der Waals surface area (Å²) in [4.78, 5) is 12.7. The Kier molecular flexibility index (Phi) is 5.88. The standard InChI is InChI=1S/C20H24N6O4S/c1-14-13-17(24-25(14)2)19-22-23-20(30-19)21-18(27)15-7-9-16(10-8-15)31(28,29)26-11-5-3-4-6-12-26/h7-10,13H,3-6,11-12H2,1-2H3,(H,21,23,27). The molecule has 3 heterocycles. The Balaban J connectivity index is 1.45. The molecule has 4 rings (SSSR count). The number of benzene rings is 1. The van der Waals surface area contributed by atoms with Crippen molar-refractivity contribution >= 4 is 21.9 Å². The van der Waals surface area contributed by atoms with Gasteiger partial charge in [0.1, 0.15) is 5.69 Å². The van der Waals surface area contributed by atoms with Crippen LogP contribution in [0.3, 0.4) is 0 Å². The number of hydrogen-bond donors (Lipinski definition) is 1. The SMILES string of the molecule is Cc1cc(-c2nnc(NC(=O)c3ccc(S(=O)(=O)N4CCCCCC4)cc3)o2)nn1C. The van der Waals surface area contributed by atoms with E-state index in [1.807, 2.05) is 6.92 Å². The third kappa shape index (κ3) is 4.52. The zero-order chi connectivity index (χ0) is 22.0. The molecule has 0 unspecified atom stereocenters. The molecular weight excluding hydrogens is 420 g/mol. The van der Waals surface area contributed by atoms with Crippen LogP contribution in [0.15, 0.2) is 39.6 Å². The molecule has 0 aliphatic carbocycles. The lowest BCUT2D eigenvalue weighted by Gasteiger charge is -2.19. The summed E-state index contributed by atoms with van der Waals surface area (Å²) < 4.78 is 34.4. The van der Waals surface area contributed by atoms with Crippen molar-refractivity contribution in [3.05, 3.63) is 41.6 Å². The molecule has 0 radical (unpaired) electrons. The first-order valence-electron chi connectivity index (χ1n) is 10.1. The summed E-state index contributed by atoms with van der Waals surface area (Å²) in [5, 5.41) is 14.5. The van der Waals surface area contributed by atoms with Crippen molar-refractivity contribution in [2.45, 2.75) is 37.5 Å². The Morgan fingerprint density at radius 1 is 1.06 bits per heavy atom. The lowest BCUT2D eigenvalue weighted by Crippen LogP contribution is -2.31. The Morgan fingerprint density at radius 2 is 1.74 bits per heavy atom. The van der Waals surface area contributed by atoms with Crippen LogP contribution in [-0.2, 0) is 17.1 Å². The Morgan fingerprint density at radius 3 is 2.35 bits per heavy atom. The van der Waals surface area contributed by atoms with Crippen LogP contribution in [0, 0.1) is 6.92 Å². The van der Waals surface area contributed by atoms with Gasteiger partial charge in [-0.05, 0) is 50.1 Å². The number of carbonyl (C=O) groups excluding carboxylic acids is 1. The number of anilines is 1. The van der Waals surface area contributed by atoms with Crippen molar-refractivity contribution in [2.75, 3.05) is 18.4 Å². The van der Waals surface area contributed by atoms with Crippen LogP contribution >= 0.6 is 0 Å². The molecule has 164 valence electrons. The van der Waals surface area contributed by atoms with Crippen molar-refractivity contribution in [1.82, 2.24) is 24.3 Å². The van der Waals surface area contributed by atoms with Gasteiger partial charge in [0, 0.05) is 31.4 Å². The lowest BCUT2D eigenvalue weighted by molar-refractivity contribution is 0.102. The summed E-state index contributed by atoms with van der Waals surface area (Å²) in [6.07, 6.45) is 3.82. The van der Waals surface area contributed by atoms with Gasteiger partial charge in [0.05, 0.1) is 4.90 Å². The van der Waals surface area contributed by atoms with Crippen LogP contribution in [-0.4, -0.2) is 51.7 Å². The molecule has 1 N–H and O–H groups in total. The van der Waals surface area contributed by atoms with Gasteiger partial charge in [-0.1, -0.05) is 17.9 Å². The minimum absolute atomic E-state index is 0.0652. The van der Waals surface area contributed by atoms with Crippen LogP contribution in [0.1, 0.15) is 41.7 Å². The molecule has 1 aliphatic heterocycles. The fourth-order valence-electron chi connectivity index (χ4n) is 3.42. The first kappa shape index (κ1) is 21.2. The van der Waals surface area contributed by atoms with E-state index in [1.54, 1.807) is 17.8 Å². The summed E-state index contributed by atoms with van der Waals surface area (Å²) >= 11 is 0. The minimum Gasteiger partial charge on any atom is -0.401 e. The van der Waals surface area contributed by atoms with Crippen molar-refractivity contribution in [3.63, 3.8) is 0 Å². The summed E-state index contributed by atoms with van der Waals surface area (Å²) in [7, 11) is -1.76. The third-order valence-corrected chi connectivity index (χ3v) is 7.21. The maximum Gasteiger partial charge on any atom is 0.322 e. The molecule has 1 aromatic carbocycles. The highest BCUT2D eigenvalue weighted by molar-refractivity contribution is 7.89. The molecule has 3 aromatic rings. The van der Waals surface area contributed by atoms with Gasteiger partial charge in [0.2, 0.25) is 10.0 Å². The Labute approximate surface area is 180 Å². The molecule has 0 bridgehead atoms. The fourth-order valence-corrected chi connectivity index (χ4v) is 4.94. The van der Waals surface area contributed by atoms with E-state index in [9.17, 15) is 13.2 Å². The molecule has 1 amide bonds. The Hall–Kier alpha value is -3.05. The van der Waals surface area contributed by atoms with Gasteiger partial charge in [-0.2, -0.15) is 9.40 Å². The number of nitrogens with one attached hydrogen (secondary N) is 1. The minimum atomic E-state index is -3.56. The zero-order valence-electron chi connectivity index (χ0n) is 17.4. The van der Waals surface area contributed by atoms with Gasteiger partial charge < -0.3 is 4.42 Å². The molecule has 2 aromatic heterocycles. The van der Waals surface area contributed by atoms with Crippen LogP contribution < -0.4 is 5.32 Å². The van der Waals surface area contributed by atoms with Crippen molar-refractivity contribution < 1.29 is 17.6 Å². The average molecular weight is 445 g/mol. The second-order valence-electron chi connectivity index (χ2n) is 7.50. The molecule has 10 nitrogen and oxygen atoms in total. The summed E-state index contributed by atoms with van der Waals surface area (Å²) in [6, 6.07) is 7.57. The van der Waals surface area contributed by atoms with E-state index in [0.717, 1.165) is 31.4 Å². The van der Waals surface area contributed by atoms with Crippen LogP contribution in [0.25, 0.3) is 11.6 Å². The third-order valence-electron chi connectivity index (χ3n) is 5.30. The number of rotatable bonds is 5. The van der Waals surface area contributed by atoms with Crippen LogP contribution in [0.5, 0.6) is 0 Å². The van der Waals surface area contributed by atoms with E-state index < -0.39 is 15.9 Å². The van der Waals surface area contributed by atoms with Crippen LogP contribution in [0.4, 0.5) is 6.01 Å². The quantitative estimate of drug-likeness (QED) is 0.641. The number of nitrogens with zero attached hydrogens (tertiary/aromatic N) is 5. The fraction of sp³-hybridized carbons (Fsp3) is 0.400. The van der Waals surface area contributed by atoms with Crippen molar-refractivity contribution in [1.29, 1.82) is 0 Å². The predicted octanol–water partition coefficient (Wildman–Crippen LogP) is 2.60. The molecule has 31 heavy (non-hydrogen) atoms. The normalized spacial score (nSPS) is 15.5. The number of sulfonamides is 1. The number of amides is 1. The van der Waals surface area contributed by atoms with Crippen molar-refractivity contribution in [3.8, 4) is 11.6 Å².